The van der Waals surface area contributed by atoms with Crippen molar-refractivity contribution >= 4 is 22.9 Å². The van der Waals surface area contributed by atoms with Crippen molar-refractivity contribution in [3.8, 4) is 6.07 Å². The van der Waals surface area contributed by atoms with Crippen LogP contribution < -0.4 is 16.0 Å². The van der Waals surface area contributed by atoms with Crippen LogP contribution in [-0.2, 0) is 0 Å². The predicted molar refractivity (Wildman–Crippen MR) is 98.9 cm³/mol. The molecule has 1 fully saturated rings. The number of fused-ring (bicyclic) bond motifs is 1. The zero-order valence-electron chi connectivity index (χ0n) is 14.1. The molecule has 3 N–H and O–H groups in total. The Balaban J connectivity index is 1.67. The van der Waals surface area contributed by atoms with Gasteiger partial charge in [0.25, 0.3) is 0 Å². The summed E-state index contributed by atoms with van der Waals surface area (Å²) in [5.41, 5.74) is 3.94. The molecule has 6 heteroatoms. The molecular formula is C19H20N6. The van der Waals surface area contributed by atoms with Crippen molar-refractivity contribution in [3.63, 3.8) is 0 Å². The Morgan fingerprint density at radius 2 is 1.88 bits per heavy atom. The zero-order chi connectivity index (χ0) is 17.2. The first-order valence-electron chi connectivity index (χ1n) is 8.62. The van der Waals surface area contributed by atoms with Crippen LogP contribution in [0, 0.1) is 18.3 Å². The Kier molecular flexibility index (Phi) is 3.98. The minimum atomic E-state index is 0.431. The van der Waals surface area contributed by atoms with Crippen LogP contribution in [0.15, 0.2) is 36.3 Å². The van der Waals surface area contributed by atoms with Crippen molar-refractivity contribution in [1.82, 2.24) is 9.97 Å². The van der Waals surface area contributed by atoms with Crippen LogP contribution in [-0.4, -0.2) is 16.0 Å². The van der Waals surface area contributed by atoms with Crippen molar-refractivity contribution in [2.45, 2.75) is 38.6 Å². The summed E-state index contributed by atoms with van der Waals surface area (Å²) in [7, 11) is 0. The number of para-hydroxylation sites is 2. The van der Waals surface area contributed by atoms with E-state index in [-0.39, 0.29) is 0 Å². The molecule has 0 saturated heterocycles. The van der Waals surface area contributed by atoms with E-state index in [1.165, 1.54) is 12.8 Å². The molecule has 0 amide bonds. The van der Waals surface area contributed by atoms with Gasteiger partial charge in [-0.2, -0.15) is 5.26 Å². The van der Waals surface area contributed by atoms with Crippen LogP contribution >= 0.6 is 0 Å². The second kappa shape index (κ2) is 6.44. The summed E-state index contributed by atoms with van der Waals surface area (Å²) >= 11 is 0. The second-order valence-corrected chi connectivity index (χ2v) is 6.51. The highest BCUT2D eigenvalue weighted by Crippen LogP contribution is 2.33. The summed E-state index contributed by atoms with van der Waals surface area (Å²) < 4.78 is 0. The third-order valence-corrected chi connectivity index (χ3v) is 4.71. The highest BCUT2D eigenvalue weighted by molar-refractivity contribution is 5.90. The van der Waals surface area contributed by atoms with E-state index in [4.69, 9.17) is 0 Å². The molecule has 1 aliphatic heterocycles. The predicted octanol–water partition coefficient (Wildman–Crippen LogP) is 3.87. The third kappa shape index (κ3) is 3.01. The minimum absolute atomic E-state index is 0.431. The van der Waals surface area contributed by atoms with Crippen LogP contribution in [0.25, 0.3) is 5.57 Å². The number of nitrogens with zero attached hydrogens (tertiary/aromatic N) is 3. The largest absolute Gasteiger partial charge is 0.351 e. The number of aryl methyl sites for hydroxylation is 1. The van der Waals surface area contributed by atoms with Gasteiger partial charge in [-0.25, -0.2) is 9.97 Å². The van der Waals surface area contributed by atoms with Gasteiger partial charge in [0.2, 0.25) is 5.95 Å². The van der Waals surface area contributed by atoms with Gasteiger partial charge in [-0.1, -0.05) is 25.0 Å². The monoisotopic (exact) mass is 332 g/mol. The Bertz CT molecular complexity index is 847. The van der Waals surface area contributed by atoms with E-state index in [2.05, 4.69) is 32.0 Å². The molecule has 0 spiro atoms. The van der Waals surface area contributed by atoms with Gasteiger partial charge in [0.1, 0.15) is 17.5 Å². The molecule has 6 nitrogen and oxygen atoms in total. The maximum Gasteiger partial charge on any atom is 0.223 e. The molecule has 2 heterocycles. The number of nitriles is 1. The van der Waals surface area contributed by atoms with Crippen molar-refractivity contribution in [2.24, 2.45) is 0 Å². The minimum Gasteiger partial charge on any atom is -0.351 e. The zero-order valence-corrected chi connectivity index (χ0v) is 14.1. The van der Waals surface area contributed by atoms with Gasteiger partial charge in [-0.15, -0.1) is 0 Å². The van der Waals surface area contributed by atoms with E-state index in [9.17, 15) is 5.26 Å². The fourth-order valence-electron chi connectivity index (χ4n) is 3.37. The summed E-state index contributed by atoms with van der Waals surface area (Å²) in [5, 5.41) is 19.7. The van der Waals surface area contributed by atoms with E-state index in [0.717, 1.165) is 29.8 Å². The van der Waals surface area contributed by atoms with Crippen molar-refractivity contribution in [3.05, 3.63) is 47.5 Å². The summed E-state index contributed by atoms with van der Waals surface area (Å²) in [6.45, 7) is 1.93. The first kappa shape index (κ1) is 15.5. The Hall–Kier alpha value is -3.07. The van der Waals surface area contributed by atoms with Crippen LogP contribution in [0.5, 0.6) is 0 Å². The SMILES string of the molecule is Cc1cnc(NC2CCCC2)nc1C(C#N)=C1Nc2ccccc2N1. The lowest BCUT2D eigenvalue weighted by Gasteiger charge is -2.14. The van der Waals surface area contributed by atoms with Gasteiger partial charge in [0.15, 0.2) is 0 Å². The maximum atomic E-state index is 9.75. The summed E-state index contributed by atoms with van der Waals surface area (Å²) in [5.74, 6) is 1.26. The topological polar surface area (TPSA) is 85.7 Å². The highest BCUT2D eigenvalue weighted by atomic mass is 15.2. The molecule has 126 valence electrons. The smallest absolute Gasteiger partial charge is 0.223 e. The standard InChI is InChI=1S/C19H20N6/c1-12-11-21-19(22-13-6-2-3-7-13)25-17(12)14(10-20)18-23-15-8-4-5-9-16(15)24-18/h4-5,8-9,11,13,23-24H,2-3,6-7H2,1H3,(H,21,22,25). The number of nitrogens with one attached hydrogen (secondary N) is 3. The van der Waals surface area contributed by atoms with Crippen molar-refractivity contribution < 1.29 is 0 Å². The number of benzene rings is 1. The number of aromatic nitrogens is 2. The van der Waals surface area contributed by atoms with Gasteiger partial charge in [0.05, 0.1) is 17.1 Å². The molecule has 0 atom stereocenters. The molecule has 2 aromatic rings. The number of hydrogen-bond acceptors (Lipinski definition) is 6. The molecule has 1 aliphatic carbocycles. The van der Waals surface area contributed by atoms with Gasteiger partial charge >= 0.3 is 0 Å². The van der Waals surface area contributed by atoms with Crippen LogP contribution in [0.4, 0.5) is 17.3 Å². The Morgan fingerprint density at radius 1 is 1.20 bits per heavy atom. The summed E-state index contributed by atoms with van der Waals surface area (Å²) in [6, 6.07) is 10.6. The average molecular weight is 332 g/mol. The van der Waals surface area contributed by atoms with Gasteiger partial charge < -0.3 is 16.0 Å². The molecule has 1 aromatic carbocycles. The Labute approximate surface area is 147 Å². The second-order valence-electron chi connectivity index (χ2n) is 6.51. The van der Waals surface area contributed by atoms with Gasteiger partial charge in [-0.3, -0.25) is 0 Å². The first-order valence-corrected chi connectivity index (χ1v) is 8.62. The number of hydrogen-bond donors (Lipinski definition) is 3. The fraction of sp³-hybridized carbons (Fsp3) is 0.316. The lowest BCUT2D eigenvalue weighted by atomic mass is 10.1. The average Bonchev–Trinajstić information content (AvgIpc) is 3.27. The molecule has 4 rings (SSSR count). The third-order valence-electron chi connectivity index (χ3n) is 4.71. The Morgan fingerprint density at radius 3 is 2.52 bits per heavy atom. The number of anilines is 3. The van der Waals surface area contributed by atoms with Crippen LogP contribution in [0.1, 0.15) is 36.9 Å². The molecule has 1 saturated carbocycles. The molecular weight excluding hydrogens is 312 g/mol. The quantitative estimate of drug-likeness (QED) is 0.740. The molecule has 1 aromatic heterocycles. The highest BCUT2D eigenvalue weighted by Gasteiger charge is 2.22. The van der Waals surface area contributed by atoms with Crippen molar-refractivity contribution in [1.29, 1.82) is 5.26 Å². The molecule has 2 aliphatic rings. The van der Waals surface area contributed by atoms with Gasteiger partial charge in [0, 0.05) is 12.2 Å². The van der Waals surface area contributed by atoms with Crippen LogP contribution in [0.3, 0.4) is 0 Å². The first-order chi connectivity index (χ1) is 12.2. The lowest BCUT2D eigenvalue weighted by Crippen LogP contribution is -2.17. The van der Waals surface area contributed by atoms with E-state index in [1.807, 2.05) is 31.2 Å². The number of rotatable bonds is 3. The fourth-order valence-corrected chi connectivity index (χ4v) is 3.37. The maximum absolute atomic E-state index is 9.75. The van der Waals surface area contributed by atoms with Crippen LogP contribution in [0.2, 0.25) is 0 Å². The van der Waals surface area contributed by atoms with Gasteiger partial charge in [-0.05, 0) is 37.5 Å². The molecule has 0 unspecified atom stereocenters. The molecule has 0 radical (unpaired) electrons. The lowest BCUT2D eigenvalue weighted by molar-refractivity contribution is 0.743. The molecule has 0 bridgehead atoms. The summed E-state index contributed by atoms with van der Waals surface area (Å²) in [6.07, 6.45) is 6.57. The molecule has 25 heavy (non-hydrogen) atoms. The van der Waals surface area contributed by atoms with E-state index in [0.29, 0.717) is 29.1 Å². The number of allylic oxidation sites excluding steroid dienone is 1. The normalized spacial score (nSPS) is 15.9. The van der Waals surface area contributed by atoms with E-state index in [1.54, 1.807) is 6.20 Å². The van der Waals surface area contributed by atoms with E-state index >= 15 is 0 Å². The van der Waals surface area contributed by atoms with E-state index < -0.39 is 0 Å². The van der Waals surface area contributed by atoms with Crippen molar-refractivity contribution in [2.75, 3.05) is 16.0 Å². The summed E-state index contributed by atoms with van der Waals surface area (Å²) in [4.78, 5) is 9.02.